The summed E-state index contributed by atoms with van der Waals surface area (Å²) in [6, 6.07) is 10.8. The summed E-state index contributed by atoms with van der Waals surface area (Å²) in [6.45, 7) is 4.23. The predicted molar refractivity (Wildman–Crippen MR) is 83.2 cm³/mol. The van der Waals surface area contributed by atoms with Gasteiger partial charge in [0, 0.05) is 18.2 Å². The molecule has 3 rings (SSSR count). The molecule has 1 aromatic carbocycles. The number of hydrogen-bond donors (Lipinski definition) is 1. The lowest BCUT2D eigenvalue weighted by Crippen LogP contribution is -1.95. The Morgan fingerprint density at radius 1 is 1.14 bits per heavy atom. The maximum Gasteiger partial charge on any atom is 0.259 e. The van der Waals surface area contributed by atoms with Crippen molar-refractivity contribution in [2.45, 2.75) is 20.3 Å². The second-order valence-electron chi connectivity index (χ2n) is 5.60. The van der Waals surface area contributed by atoms with Gasteiger partial charge < -0.3 is 9.63 Å². The molecule has 0 aliphatic carbocycles. The molecule has 0 aliphatic heterocycles. The van der Waals surface area contributed by atoms with Crippen molar-refractivity contribution in [3.63, 3.8) is 0 Å². The lowest BCUT2D eigenvalue weighted by Gasteiger charge is -2.02. The number of phenolic OH excluding ortho intramolecular Hbond substituents is 1. The number of aromatic hydroxyl groups is 1. The maximum absolute atomic E-state index is 9.52. The average Bonchev–Trinajstić information content (AvgIpc) is 2.95. The zero-order valence-electron chi connectivity index (χ0n) is 12.5. The van der Waals surface area contributed by atoms with Gasteiger partial charge in [0.1, 0.15) is 5.75 Å². The summed E-state index contributed by atoms with van der Waals surface area (Å²) >= 11 is 0. The molecule has 5 heteroatoms. The van der Waals surface area contributed by atoms with E-state index in [1.165, 1.54) is 0 Å². The maximum atomic E-state index is 9.52. The Bertz CT molecular complexity index is 764. The molecule has 2 heterocycles. The van der Waals surface area contributed by atoms with E-state index in [4.69, 9.17) is 4.52 Å². The highest BCUT2D eigenvalue weighted by Gasteiger charge is 2.11. The van der Waals surface area contributed by atoms with Crippen molar-refractivity contribution in [3.8, 4) is 28.5 Å². The largest absolute Gasteiger partial charge is 0.508 e. The van der Waals surface area contributed by atoms with Gasteiger partial charge in [-0.05, 0) is 30.2 Å². The minimum Gasteiger partial charge on any atom is -0.508 e. The van der Waals surface area contributed by atoms with Crippen LogP contribution >= 0.6 is 0 Å². The van der Waals surface area contributed by atoms with Gasteiger partial charge in [-0.1, -0.05) is 31.1 Å². The van der Waals surface area contributed by atoms with E-state index in [0.717, 1.165) is 23.2 Å². The highest BCUT2D eigenvalue weighted by Crippen LogP contribution is 2.24. The molecule has 2 aromatic heterocycles. The van der Waals surface area contributed by atoms with Crippen LogP contribution in [0.2, 0.25) is 0 Å². The van der Waals surface area contributed by atoms with Crippen LogP contribution in [0.25, 0.3) is 22.7 Å². The fourth-order valence-corrected chi connectivity index (χ4v) is 2.18. The Labute approximate surface area is 128 Å². The molecule has 0 aliphatic rings. The zero-order valence-corrected chi connectivity index (χ0v) is 12.5. The molecule has 0 fully saturated rings. The summed E-state index contributed by atoms with van der Waals surface area (Å²) in [5.41, 5.74) is 2.42. The van der Waals surface area contributed by atoms with E-state index in [-0.39, 0.29) is 5.75 Å². The van der Waals surface area contributed by atoms with Crippen molar-refractivity contribution in [2.75, 3.05) is 0 Å². The van der Waals surface area contributed by atoms with E-state index in [9.17, 15) is 5.11 Å². The predicted octanol–water partition coefficient (Wildman–Crippen LogP) is 3.70. The first kappa shape index (κ1) is 14.3. The standard InChI is InChI=1S/C17H17N3O2/c1-11(2)8-16-19-17(22-20-16)13-6-7-15(18-10-13)12-4-3-5-14(21)9-12/h3-7,9-11,21H,8H2,1-2H3. The number of aromatic nitrogens is 3. The summed E-state index contributed by atoms with van der Waals surface area (Å²) < 4.78 is 5.28. The second-order valence-corrected chi connectivity index (χ2v) is 5.60. The van der Waals surface area contributed by atoms with Crippen LogP contribution < -0.4 is 0 Å². The van der Waals surface area contributed by atoms with Gasteiger partial charge in [0.25, 0.3) is 5.89 Å². The molecule has 0 amide bonds. The van der Waals surface area contributed by atoms with Crippen LogP contribution in [0.1, 0.15) is 19.7 Å². The molecule has 0 saturated heterocycles. The van der Waals surface area contributed by atoms with Crippen LogP contribution in [0.5, 0.6) is 5.75 Å². The smallest absolute Gasteiger partial charge is 0.259 e. The van der Waals surface area contributed by atoms with E-state index in [2.05, 4.69) is 29.0 Å². The van der Waals surface area contributed by atoms with E-state index >= 15 is 0 Å². The Balaban J connectivity index is 1.83. The van der Waals surface area contributed by atoms with Crippen molar-refractivity contribution in [1.29, 1.82) is 0 Å². The van der Waals surface area contributed by atoms with Crippen molar-refractivity contribution >= 4 is 0 Å². The van der Waals surface area contributed by atoms with Crippen LogP contribution in [-0.4, -0.2) is 20.2 Å². The summed E-state index contributed by atoms with van der Waals surface area (Å²) in [6.07, 6.45) is 2.49. The first-order valence-electron chi connectivity index (χ1n) is 7.20. The lowest BCUT2D eigenvalue weighted by molar-refractivity contribution is 0.417. The number of hydrogen-bond acceptors (Lipinski definition) is 5. The molecule has 3 aromatic rings. The van der Waals surface area contributed by atoms with E-state index in [1.54, 1.807) is 24.4 Å². The average molecular weight is 295 g/mol. The highest BCUT2D eigenvalue weighted by atomic mass is 16.5. The Morgan fingerprint density at radius 2 is 2.00 bits per heavy atom. The Morgan fingerprint density at radius 3 is 2.68 bits per heavy atom. The van der Waals surface area contributed by atoms with E-state index in [0.29, 0.717) is 17.6 Å². The molecular formula is C17H17N3O2. The zero-order chi connectivity index (χ0) is 15.5. The monoisotopic (exact) mass is 295 g/mol. The summed E-state index contributed by atoms with van der Waals surface area (Å²) in [4.78, 5) is 8.78. The van der Waals surface area contributed by atoms with Crippen molar-refractivity contribution in [3.05, 3.63) is 48.4 Å². The third-order valence-corrected chi connectivity index (χ3v) is 3.21. The van der Waals surface area contributed by atoms with Gasteiger partial charge >= 0.3 is 0 Å². The molecule has 112 valence electrons. The summed E-state index contributed by atoms with van der Waals surface area (Å²) in [5.74, 6) is 1.89. The number of phenols is 1. The molecular weight excluding hydrogens is 278 g/mol. The normalized spacial score (nSPS) is 11.0. The van der Waals surface area contributed by atoms with Gasteiger partial charge in [-0.2, -0.15) is 4.98 Å². The molecule has 5 nitrogen and oxygen atoms in total. The number of pyridine rings is 1. The molecule has 0 atom stereocenters. The fraction of sp³-hybridized carbons (Fsp3) is 0.235. The number of rotatable bonds is 4. The highest BCUT2D eigenvalue weighted by molar-refractivity contribution is 5.63. The minimum absolute atomic E-state index is 0.221. The first-order valence-corrected chi connectivity index (χ1v) is 7.20. The van der Waals surface area contributed by atoms with Gasteiger partial charge in [-0.25, -0.2) is 0 Å². The first-order chi connectivity index (χ1) is 10.6. The van der Waals surface area contributed by atoms with Crippen molar-refractivity contribution < 1.29 is 9.63 Å². The third-order valence-electron chi connectivity index (χ3n) is 3.21. The van der Waals surface area contributed by atoms with Gasteiger partial charge in [0.2, 0.25) is 0 Å². The fourth-order valence-electron chi connectivity index (χ4n) is 2.18. The third kappa shape index (κ3) is 3.14. The number of nitrogens with zero attached hydrogens (tertiary/aromatic N) is 3. The number of benzene rings is 1. The second kappa shape index (κ2) is 5.97. The minimum atomic E-state index is 0.221. The van der Waals surface area contributed by atoms with Crippen molar-refractivity contribution in [2.24, 2.45) is 5.92 Å². The molecule has 1 N–H and O–H groups in total. The quantitative estimate of drug-likeness (QED) is 0.794. The molecule has 22 heavy (non-hydrogen) atoms. The lowest BCUT2D eigenvalue weighted by atomic mass is 10.1. The van der Waals surface area contributed by atoms with Gasteiger partial charge in [-0.15, -0.1) is 0 Å². The van der Waals surface area contributed by atoms with E-state index < -0.39 is 0 Å². The van der Waals surface area contributed by atoms with Gasteiger partial charge in [0.05, 0.1) is 11.3 Å². The topological polar surface area (TPSA) is 72.0 Å². The SMILES string of the molecule is CC(C)Cc1noc(-c2ccc(-c3cccc(O)c3)nc2)n1. The Hall–Kier alpha value is -2.69. The van der Waals surface area contributed by atoms with Crippen LogP contribution in [0.3, 0.4) is 0 Å². The Kier molecular flexibility index (Phi) is 3.87. The van der Waals surface area contributed by atoms with Crippen LogP contribution in [0.15, 0.2) is 47.1 Å². The molecule has 0 radical (unpaired) electrons. The molecule has 0 unspecified atom stereocenters. The molecule has 0 spiro atoms. The summed E-state index contributed by atoms with van der Waals surface area (Å²) in [7, 11) is 0. The molecule has 0 saturated carbocycles. The molecule has 0 bridgehead atoms. The van der Waals surface area contributed by atoms with Crippen LogP contribution in [0, 0.1) is 5.92 Å². The summed E-state index contributed by atoms with van der Waals surface area (Å²) in [5, 5.41) is 13.5. The van der Waals surface area contributed by atoms with Crippen LogP contribution in [0.4, 0.5) is 0 Å². The van der Waals surface area contributed by atoms with Gasteiger partial charge in [0.15, 0.2) is 5.82 Å². The van der Waals surface area contributed by atoms with Gasteiger partial charge in [-0.3, -0.25) is 4.98 Å². The van der Waals surface area contributed by atoms with Crippen LogP contribution in [-0.2, 0) is 6.42 Å². The van der Waals surface area contributed by atoms with Crippen molar-refractivity contribution in [1.82, 2.24) is 15.1 Å². The van der Waals surface area contributed by atoms with E-state index in [1.807, 2.05) is 18.2 Å².